The summed E-state index contributed by atoms with van der Waals surface area (Å²) in [5.41, 5.74) is 2.43. The summed E-state index contributed by atoms with van der Waals surface area (Å²) in [5, 5.41) is 12.4. The molecular weight excluding hydrogens is 446 g/mol. The van der Waals surface area contributed by atoms with E-state index in [1.54, 1.807) is 61.1 Å². The van der Waals surface area contributed by atoms with E-state index in [4.69, 9.17) is 21.1 Å². The second kappa shape index (κ2) is 9.93. The van der Waals surface area contributed by atoms with Crippen molar-refractivity contribution in [2.45, 2.75) is 13.3 Å². The zero-order valence-corrected chi connectivity index (χ0v) is 19.3. The van der Waals surface area contributed by atoms with Crippen molar-refractivity contribution in [3.05, 3.63) is 64.3 Å². The SMILES string of the molecule is COc1ccc2c(c1)c(CC(=O)N(O)CN1CCOCC1)c(C)n2C(=O)c1ccc(Cl)cc1. The van der Waals surface area contributed by atoms with Crippen LogP contribution in [-0.4, -0.2) is 71.6 Å². The standard InChI is InChI=1S/C24H26ClN3O5/c1-16-20(14-23(29)27(31)15-26-9-11-33-12-10-26)21-13-19(32-2)7-8-22(21)28(16)24(30)17-3-5-18(25)6-4-17/h3-8,13,31H,9-12,14-15H2,1-2H3. The third kappa shape index (κ3) is 4.89. The fourth-order valence-corrected chi connectivity index (χ4v) is 4.18. The van der Waals surface area contributed by atoms with E-state index in [2.05, 4.69) is 0 Å². The predicted octanol–water partition coefficient (Wildman–Crippen LogP) is 3.35. The zero-order valence-electron chi connectivity index (χ0n) is 18.6. The molecule has 1 fully saturated rings. The molecule has 0 radical (unpaired) electrons. The Morgan fingerprint density at radius 1 is 1.15 bits per heavy atom. The minimum absolute atomic E-state index is 0.0583. The number of hydrogen-bond acceptors (Lipinski definition) is 6. The summed E-state index contributed by atoms with van der Waals surface area (Å²) in [7, 11) is 1.56. The Morgan fingerprint density at radius 3 is 2.52 bits per heavy atom. The molecule has 1 aliphatic heterocycles. The van der Waals surface area contributed by atoms with Gasteiger partial charge in [0, 0.05) is 34.8 Å². The van der Waals surface area contributed by atoms with Crippen LogP contribution in [0.1, 0.15) is 21.6 Å². The molecule has 1 aliphatic rings. The summed E-state index contributed by atoms with van der Waals surface area (Å²) in [5.74, 6) is -0.0703. The summed E-state index contributed by atoms with van der Waals surface area (Å²) in [6.07, 6.45) is -0.0583. The van der Waals surface area contributed by atoms with Gasteiger partial charge in [0.15, 0.2) is 0 Å². The lowest BCUT2D eigenvalue weighted by Gasteiger charge is -2.29. The maximum Gasteiger partial charge on any atom is 0.262 e. The lowest BCUT2D eigenvalue weighted by atomic mass is 10.1. The second-order valence-electron chi connectivity index (χ2n) is 7.94. The van der Waals surface area contributed by atoms with E-state index >= 15 is 0 Å². The van der Waals surface area contributed by atoms with Crippen molar-refractivity contribution in [1.29, 1.82) is 0 Å². The van der Waals surface area contributed by atoms with E-state index in [1.165, 1.54) is 0 Å². The van der Waals surface area contributed by atoms with Crippen LogP contribution < -0.4 is 4.74 Å². The molecule has 0 bridgehead atoms. The molecule has 1 aromatic heterocycles. The van der Waals surface area contributed by atoms with Crippen molar-refractivity contribution in [2.24, 2.45) is 0 Å². The van der Waals surface area contributed by atoms with E-state index in [0.29, 0.717) is 59.4 Å². The molecule has 33 heavy (non-hydrogen) atoms. The fourth-order valence-electron chi connectivity index (χ4n) is 4.05. The second-order valence-corrected chi connectivity index (χ2v) is 8.37. The highest BCUT2D eigenvalue weighted by atomic mass is 35.5. The number of rotatable bonds is 6. The first-order valence-electron chi connectivity index (χ1n) is 10.7. The van der Waals surface area contributed by atoms with Crippen molar-refractivity contribution in [1.82, 2.24) is 14.5 Å². The van der Waals surface area contributed by atoms with Crippen LogP contribution in [0, 0.1) is 6.92 Å². The van der Waals surface area contributed by atoms with Gasteiger partial charge in [-0.25, -0.2) is 5.06 Å². The van der Waals surface area contributed by atoms with Crippen molar-refractivity contribution >= 4 is 34.3 Å². The Bertz CT molecular complexity index is 1170. The molecule has 0 atom stereocenters. The van der Waals surface area contributed by atoms with E-state index in [1.807, 2.05) is 4.90 Å². The molecule has 0 unspecified atom stereocenters. The molecule has 1 amide bonds. The normalized spacial score (nSPS) is 14.4. The Kier molecular flexibility index (Phi) is 6.99. The number of hydroxylamine groups is 2. The van der Waals surface area contributed by atoms with Gasteiger partial charge in [0.2, 0.25) is 0 Å². The molecule has 8 nitrogen and oxygen atoms in total. The van der Waals surface area contributed by atoms with E-state index in [-0.39, 0.29) is 19.0 Å². The summed E-state index contributed by atoms with van der Waals surface area (Å²) >= 11 is 5.97. The molecule has 1 saturated heterocycles. The number of ether oxygens (including phenoxy) is 2. The van der Waals surface area contributed by atoms with Crippen LogP contribution in [0.15, 0.2) is 42.5 Å². The van der Waals surface area contributed by atoms with Crippen molar-refractivity contribution in [3.63, 3.8) is 0 Å². The highest BCUT2D eigenvalue weighted by Gasteiger charge is 2.24. The van der Waals surface area contributed by atoms with Gasteiger partial charge < -0.3 is 9.47 Å². The molecule has 2 heterocycles. The maximum absolute atomic E-state index is 13.4. The van der Waals surface area contributed by atoms with Gasteiger partial charge in [0.25, 0.3) is 11.8 Å². The average molecular weight is 472 g/mol. The highest BCUT2D eigenvalue weighted by Crippen LogP contribution is 2.31. The van der Waals surface area contributed by atoms with E-state index in [9.17, 15) is 14.8 Å². The first-order chi connectivity index (χ1) is 15.9. The lowest BCUT2D eigenvalue weighted by molar-refractivity contribution is -0.176. The van der Waals surface area contributed by atoms with Crippen molar-refractivity contribution in [2.75, 3.05) is 40.1 Å². The van der Waals surface area contributed by atoms with Crippen LogP contribution >= 0.6 is 11.6 Å². The molecular formula is C24H26ClN3O5. The third-order valence-corrected chi connectivity index (χ3v) is 6.14. The third-order valence-electron chi connectivity index (χ3n) is 5.89. The first-order valence-corrected chi connectivity index (χ1v) is 11.0. The monoisotopic (exact) mass is 471 g/mol. The van der Waals surface area contributed by atoms with Crippen LogP contribution in [0.25, 0.3) is 10.9 Å². The minimum Gasteiger partial charge on any atom is -0.497 e. The number of morpholine rings is 1. The molecule has 0 aliphatic carbocycles. The average Bonchev–Trinajstić information content (AvgIpc) is 3.10. The molecule has 9 heteroatoms. The summed E-state index contributed by atoms with van der Waals surface area (Å²) in [6, 6.07) is 12.0. The quantitative estimate of drug-likeness (QED) is 0.438. The van der Waals surface area contributed by atoms with Crippen LogP contribution in [0.4, 0.5) is 0 Å². The van der Waals surface area contributed by atoms with Gasteiger partial charge in [-0.2, -0.15) is 0 Å². The molecule has 174 valence electrons. The van der Waals surface area contributed by atoms with E-state index < -0.39 is 5.91 Å². The number of aromatic nitrogens is 1. The van der Waals surface area contributed by atoms with Gasteiger partial charge in [0.1, 0.15) is 12.4 Å². The number of amides is 1. The topological polar surface area (TPSA) is 84.2 Å². The predicted molar refractivity (Wildman–Crippen MR) is 124 cm³/mol. The Labute approximate surface area is 196 Å². The summed E-state index contributed by atoms with van der Waals surface area (Å²) in [4.78, 5) is 28.2. The number of nitrogens with zero attached hydrogens (tertiary/aromatic N) is 3. The van der Waals surface area contributed by atoms with Gasteiger partial charge in [-0.05, 0) is 55.0 Å². The minimum atomic E-state index is -0.453. The van der Waals surface area contributed by atoms with Gasteiger partial charge >= 0.3 is 0 Å². The Morgan fingerprint density at radius 2 is 1.85 bits per heavy atom. The number of methoxy groups -OCH3 is 1. The number of carbonyl (C=O) groups is 2. The van der Waals surface area contributed by atoms with Gasteiger partial charge in [-0.3, -0.25) is 24.3 Å². The summed E-state index contributed by atoms with van der Waals surface area (Å²) < 4.78 is 12.3. The molecule has 1 N–H and O–H groups in total. The fraction of sp³-hybridized carbons (Fsp3) is 0.333. The molecule has 4 rings (SSSR count). The van der Waals surface area contributed by atoms with Crippen LogP contribution in [-0.2, 0) is 16.0 Å². The van der Waals surface area contributed by atoms with Crippen molar-refractivity contribution in [3.8, 4) is 5.75 Å². The van der Waals surface area contributed by atoms with E-state index in [0.717, 1.165) is 10.4 Å². The molecule has 2 aromatic carbocycles. The summed E-state index contributed by atoms with van der Waals surface area (Å²) in [6.45, 7) is 4.34. The number of benzene rings is 2. The highest BCUT2D eigenvalue weighted by molar-refractivity contribution is 6.30. The van der Waals surface area contributed by atoms with Gasteiger partial charge in [-0.1, -0.05) is 11.6 Å². The lowest BCUT2D eigenvalue weighted by Crippen LogP contribution is -2.45. The first kappa shape index (κ1) is 23.3. The molecule has 3 aromatic rings. The number of halogens is 1. The maximum atomic E-state index is 13.4. The molecule has 0 spiro atoms. The zero-order chi connectivity index (χ0) is 23.5. The van der Waals surface area contributed by atoms with Crippen LogP contribution in [0.2, 0.25) is 5.02 Å². The Balaban J connectivity index is 1.68. The molecule has 0 saturated carbocycles. The van der Waals surface area contributed by atoms with Crippen LogP contribution in [0.5, 0.6) is 5.75 Å². The Hall–Kier alpha value is -2.91. The smallest absolute Gasteiger partial charge is 0.262 e. The van der Waals surface area contributed by atoms with Crippen LogP contribution in [0.3, 0.4) is 0 Å². The number of hydrogen-bond donors (Lipinski definition) is 1. The number of fused-ring (bicyclic) bond motifs is 1. The largest absolute Gasteiger partial charge is 0.497 e. The van der Waals surface area contributed by atoms with Gasteiger partial charge in [0.05, 0.1) is 32.3 Å². The van der Waals surface area contributed by atoms with Crippen molar-refractivity contribution < 1.29 is 24.3 Å². The van der Waals surface area contributed by atoms with Gasteiger partial charge in [-0.15, -0.1) is 0 Å². The number of carbonyl (C=O) groups excluding carboxylic acids is 2.